The van der Waals surface area contributed by atoms with Crippen molar-refractivity contribution < 1.29 is 4.39 Å². The van der Waals surface area contributed by atoms with Crippen molar-refractivity contribution in [3.63, 3.8) is 0 Å². The van der Waals surface area contributed by atoms with Crippen molar-refractivity contribution in [3.8, 4) is 0 Å². The summed E-state index contributed by atoms with van der Waals surface area (Å²) >= 11 is 0. The number of aryl methyl sites for hydroxylation is 2. The summed E-state index contributed by atoms with van der Waals surface area (Å²) < 4.78 is 13.4. The molecule has 2 rings (SSSR count). The fraction of sp³-hybridized carbons (Fsp3) is 0.250. The van der Waals surface area contributed by atoms with Gasteiger partial charge in [0, 0.05) is 11.1 Å². The molecule has 0 bridgehead atoms. The number of halogens is 1. The van der Waals surface area contributed by atoms with Gasteiger partial charge in [0.15, 0.2) is 0 Å². The maximum atomic E-state index is 13.4. The molecule has 0 atom stereocenters. The van der Waals surface area contributed by atoms with Crippen LogP contribution in [0.25, 0.3) is 10.9 Å². The van der Waals surface area contributed by atoms with Gasteiger partial charge in [0.05, 0.1) is 5.52 Å². The molecule has 2 heteroatoms. The molecule has 1 aromatic carbocycles. The first-order valence-electron chi connectivity index (χ1n) is 4.70. The Morgan fingerprint density at radius 3 is 2.71 bits per heavy atom. The maximum Gasteiger partial charge on any atom is 0.147 e. The van der Waals surface area contributed by atoms with Crippen molar-refractivity contribution in [2.75, 3.05) is 0 Å². The number of rotatable bonds is 1. The van der Waals surface area contributed by atoms with Crippen LogP contribution in [0.5, 0.6) is 0 Å². The molecule has 0 saturated heterocycles. The van der Waals surface area contributed by atoms with Gasteiger partial charge in [-0.05, 0) is 44.4 Å². The van der Waals surface area contributed by atoms with E-state index >= 15 is 0 Å². The molecule has 14 heavy (non-hydrogen) atoms. The molecule has 1 heterocycles. The number of hydrogen-bond acceptors (Lipinski definition) is 0. The van der Waals surface area contributed by atoms with Crippen LogP contribution in [0.3, 0.4) is 0 Å². The summed E-state index contributed by atoms with van der Waals surface area (Å²) in [5.41, 5.74) is 3.85. The van der Waals surface area contributed by atoms with E-state index in [0.717, 1.165) is 22.2 Å². The van der Waals surface area contributed by atoms with Gasteiger partial charge in [-0.25, -0.2) is 4.39 Å². The van der Waals surface area contributed by atoms with Crippen molar-refractivity contribution in [2.24, 2.45) is 0 Å². The molecule has 1 aromatic heterocycles. The molecule has 0 aliphatic rings. The average Bonchev–Trinajstić information content (AvgIpc) is 2.50. The zero-order valence-electron chi connectivity index (χ0n) is 8.45. The third kappa shape index (κ3) is 1.14. The Morgan fingerprint density at radius 1 is 1.36 bits per heavy atom. The minimum atomic E-state index is -0.187. The molecule has 0 aliphatic heterocycles. The van der Waals surface area contributed by atoms with Crippen molar-refractivity contribution in [2.45, 2.75) is 20.3 Å². The highest BCUT2D eigenvalue weighted by atomic mass is 19.1. The van der Waals surface area contributed by atoms with E-state index < -0.39 is 0 Å². The van der Waals surface area contributed by atoms with Gasteiger partial charge < -0.3 is 4.98 Å². The van der Waals surface area contributed by atoms with E-state index in [1.165, 1.54) is 6.07 Å². The van der Waals surface area contributed by atoms with Crippen LogP contribution in [-0.4, -0.2) is 4.98 Å². The summed E-state index contributed by atoms with van der Waals surface area (Å²) in [4.78, 5) is 3.07. The van der Waals surface area contributed by atoms with Gasteiger partial charge in [-0.1, -0.05) is 6.07 Å². The number of benzene rings is 1. The lowest BCUT2D eigenvalue weighted by Gasteiger charge is -2.00. The molecule has 73 valence electrons. The molecule has 1 N–H and O–H groups in total. The predicted octanol–water partition coefficient (Wildman–Crippen LogP) is 3.30. The molecule has 0 amide bonds. The van der Waals surface area contributed by atoms with Crippen LogP contribution in [0, 0.1) is 26.6 Å². The van der Waals surface area contributed by atoms with Crippen molar-refractivity contribution >= 4 is 10.9 Å². The van der Waals surface area contributed by atoms with E-state index in [1.54, 1.807) is 0 Å². The monoisotopic (exact) mass is 190 g/mol. The van der Waals surface area contributed by atoms with Crippen LogP contribution < -0.4 is 0 Å². The van der Waals surface area contributed by atoms with Crippen LogP contribution in [-0.2, 0) is 6.42 Å². The van der Waals surface area contributed by atoms with Gasteiger partial charge in [-0.3, -0.25) is 0 Å². The largest absolute Gasteiger partial charge is 0.356 e. The smallest absolute Gasteiger partial charge is 0.147 e. The maximum absolute atomic E-state index is 13.4. The summed E-state index contributed by atoms with van der Waals surface area (Å²) in [6.45, 7) is 7.82. The number of H-pyrrole nitrogens is 1. The summed E-state index contributed by atoms with van der Waals surface area (Å²) in [5.74, 6) is -0.187. The van der Waals surface area contributed by atoms with Crippen molar-refractivity contribution in [1.82, 2.24) is 4.98 Å². The third-order valence-electron chi connectivity index (χ3n) is 2.68. The average molecular weight is 190 g/mol. The van der Waals surface area contributed by atoms with E-state index in [4.69, 9.17) is 0 Å². The SMILES string of the molecule is [CH2]Cc1c(C)[nH]c2c(F)ccc(C)c12. The van der Waals surface area contributed by atoms with E-state index in [9.17, 15) is 4.39 Å². The van der Waals surface area contributed by atoms with E-state index in [2.05, 4.69) is 11.9 Å². The molecule has 0 aliphatic carbocycles. The molecular weight excluding hydrogens is 177 g/mol. The lowest BCUT2D eigenvalue weighted by atomic mass is 10.0. The number of nitrogens with one attached hydrogen (secondary N) is 1. The minimum absolute atomic E-state index is 0.187. The highest BCUT2D eigenvalue weighted by Gasteiger charge is 2.11. The Hall–Kier alpha value is -1.31. The van der Waals surface area contributed by atoms with Gasteiger partial charge in [0.2, 0.25) is 0 Å². The Labute approximate surface area is 82.9 Å². The summed E-state index contributed by atoms with van der Waals surface area (Å²) in [6, 6.07) is 3.31. The second kappa shape index (κ2) is 3.12. The minimum Gasteiger partial charge on any atom is -0.356 e. The van der Waals surface area contributed by atoms with E-state index in [1.807, 2.05) is 19.9 Å². The Balaban J connectivity index is 2.93. The lowest BCUT2D eigenvalue weighted by Crippen LogP contribution is -1.84. The van der Waals surface area contributed by atoms with Crippen LogP contribution in [0.4, 0.5) is 4.39 Å². The quantitative estimate of drug-likeness (QED) is 0.710. The number of hydrogen-bond donors (Lipinski definition) is 1. The first-order valence-corrected chi connectivity index (χ1v) is 4.70. The topological polar surface area (TPSA) is 15.8 Å². The molecule has 0 fully saturated rings. The number of aromatic amines is 1. The zero-order chi connectivity index (χ0) is 10.3. The highest BCUT2D eigenvalue weighted by molar-refractivity contribution is 5.88. The highest BCUT2D eigenvalue weighted by Crippen LogP contribution is 2.27. The summed E-state index contributed by atoms with van der Waals surface area (Å²) in [5, 5.41) is 0.998. The number of aromatic nitrogens is 1. The molecule has 1 radical (unpaired) electrons. The predicted molar refractivity (Wildman–Crippen MR) is 56.8 cm³/mol. The Bertz CT molecular complexity index is 483. The standard InChI is InChI=1S/C12H13FN/c1-4-9-8(3)14-12-10(13)6-5-7(2)11(9)12/h5-6,14H,1,4H2,2-3H3. The van der Waals surface area contributed by atoms with Crippen LogP contribution in [0.15, 0.2) is 12.1 Å². The fourth-order valence-corrected chi connectivity index (χ4v) is 1.96. The zero-order valence-corrected chi connectivity index (χ0v) is 8.45. The molecular formula is C12H13FN. The van der Waals surface area contributed by atoms with Crippen LogP contribution >= 0.6 is 0 Å². The Morgan fingerprint density at radius 2 is 2.07 bits per heavy atom. The normalized spacial score (nSPS) is 11.1. The van der Waals surface area contributed by atoms with Gasteiger partial charge in [-0.15, -0.1) is 0 Å². The van der Waals surface area contributed by atoms with Gasteiger partial charge in [0.25, 0.3) is 0 Å². The van der Waals surface area contributed by atoms with E-state index in [0.29, 0.717) is 11.9 Å². The first kappa shape index (κ1) is 9.25. The first-order chi connectivity index (χ1) is 6.65. The molecule has 1 nitrogen and oxygen atoms in total. The van der Waals surface area contributed by atoms with Crippen LogP contribution in [0.1, 0.15) is 16.8 Å². The van der Waals surface area contributed by atoms with Crippen LogP contribution in [0.2, 0.25) is 0 Å². The second-order valence-electron chi connectivity index (χ2n) is 3.59. The lowest BCUT2D eigenvalue weighted by molar-refractivity contribution is 0.637. The second-order valence-corrected chi connectivity index (χ2v) is 3.59. The van der Waals surface area contributed by atoms with Crippen molar-refractivity contribution in [1.29, 1.82) is 0 Å². The Kier molecular flexibility index (Phi) is 2.06. The van der Waals surface area contributed by atoms with Gasteiger partial charge in [-0.2, -0.15) is 0 Å². The van der Waals surface area contributed by atoms with Crippen molar-refractivity contribution in [3.05, 3.63) is 41.7 Å². The molecule has 0 saturated carbocycles. The summed E-state index contributed by atoms with van der Waals surface area (Å²) in [6.07, 6.45) is 0.691. The fourth-order valence-electron chi connectivity index (χ4n) is 1.96. The van der Waals surface area contributed by atoms with Gasteiger partial charge >= 0.3 is 0 Å². The van der Waals surface area contributed by atoms with Gasteiger partial charge in [0.1, 0.15) is 5.82 Å². The molecule has 2 aromatic rings. The number of fused-ring (bicyclic) bond motifs is 1. The third-order valence-corrected chi connectivity index (χ3v) is 2.68. The summed E-state index contributed by atoms with van der Waals surface area (Å²) in [7, 11) is 0. The van der Waals surface area contributed by atoms with E-state index in [-0.39, 0.29) is 5.82 Å². The molecule has 0 spiro atoms. The molecule has 0 unspecified atom stereocenters.